The highest BCUT2D eigenvalue weighted by Crippen LogP contribution is 2.26. The number of nitrogen functional groups attached to an aromatic ring is 1. The van der Waals surface area contributed by atoms with Gasteiger partial charge in [-0.3, -0.25) is 9.36 Å². The van der Waals surface area contributed by atoms with Gasteiger partial charge in [0.25, 0.3) is 0 Å². The molecule has 0 bridgehead atoms. The summed E-state index contributed by atoms with van der Waals surface area (Å²) in [6.45, 7) is 5.91. The lowest BCUT2D eigenvalue weighted by Gasteiger charge is -2.19. The van der Waals surface area contributed by atoms with E-state index in [1.165, 1.54) is 11.8 Å². The fourth-order valence-corrected chi connectivity index (χ4v) is 3.17. The third-order valence-corrected chi connectivity index (χ3v) is 4.43. The highest BCUT2D eigenvalue weighted by molar-refractivity contribution is 7.99. The van der Waals surface area contributed by atoms with Gasteiger partial charge in [-0.25, -0.2) is 4.79 Å². The Hall–Kier alpha value is -2.55. The Kier molecular flexibility index (Phi) is 7.02. The molecule has 1 aromatic carbocycles. The van der Waals surface area contributed by atoms with Crippen molar-refractivity contribution in [1.29, 1.82) is 0 Å². The second-order valence-corrected chi connectivity index (χ2v) is 6.59. The van der Waals surface area contributed by atoms with Gasteiger partial charge in [-0.15, -0.1) is 10.2 Å². The molecule has 1 heterocycles. The molecule has 0 saturated carbocycles. The van der Waals surface area contributed by atoms with Crippen LogP contribution in [-0.4, -0.2) is 39.0 Å². The summed E-state index contributed by atoms with van der Waals surface area (Å²) in [5, 5.41) is 11.3. The van der Waals surface area contributed by atoms with E-state index in [1.54, 1.807) is 35.8 Å². The van der Waals surface area contributed by atoms with E-state index >= 15 is 0 Å². The molecule has 0 aliphatic rings. The van der Waals surface area contributed by atoms with Crippen molar-refractivity contribution >= 4 is 35.3 Å². The van der Waals surface area contributed by atoms with Crippen LogP contribution in [0.4, 0.5) is 11.6 Å². The van der Waals surface area contributed by atoms with Crippen LogP contribution in [0.3, 0.4) is 0 Å². The standard InChI is InChI=1S/C17H23N5O3S/c1-4-13(22-16(18)20-21-17(22)26-6-3)14(23)19-12-9-7-8-11(10-12)15(24)25-5-2/h7-10,13H,4-6H2,1-3H3,(H2,18,20)(H,19,23). The van der Waals surface area contributed by atoms with Gasteiger partial charge in [0.15, 0.2) is 5.16 Å². The number of amides is 1. The third-order valence-electron chi connectivity index (χ3n) is 3.61. The molecule has 0 aliphatic carbocycles. The van der Waals surface area contributed by atoms with Crippen LogP contribution >= 0.6 is 11.8 Å². The monoisotopic (exact) mass is 377 g/mol. The van der Waals surface area contributed by atoms with E-state index in [9.17, 15) is 9.59 Å². The maximum atomic E-state index is 12.8. The number of thioether (sulfide) groups is 1. The summed E-state index contributed by atoms with van der Waals surface area (Å²) in [5.41, 5.74) is 6.80. The lowest BCUT2D eigenvalue weighted by atomic mass is 10.1. The number of anilines is 2. The number of hydrogen-bond donors (Lipinski definition) is 2. The number of hydrogen-bond acceptors (Lipinski definition) is 7. The van der Waals surface area contributed by atoms with Gasteiger partial charge < -0.3 is 15.8 Å². The highest BCUT2D eigenvalue weighted by atomic mass is 32.2. The van der Waals surface area contributed by atoms with Gasteiger partial charge in [0.2, 0.25) is 11.9 Å². The smallest absolute Gasteiger partial charge is 0.338 e. The zero-order chi connectivity index (χ0) is 19.1. The number of nitrogens with two attached hydrogens (primary N) is 1. The van der Waals surface area contributed by atoms with E-state index in [0.717, 1.165) is 5.75 Å². The average Bonchev–Trinajstić information content (AvgIpc) is 2.97. The third kappa shape index (κ3) is 4.54. The number of benzene rings is 1. The molecular formula is C17H23N5O3S. The lowest BCUT2D eigenvalue weighted by molar-refractivity contribution is -0.119. The van der Waals surface area contributed by atoms with Gasteiger partial charge in [0, 0.05) is 5.69 Å². The zero-order valence-electron chi connectivity index (χ0n) is 15.1. The van der Waals surface area contributed by atoms with Crippen molar-refractivity contribution in [3.05, 3.63) is 29.8 Å². The molecule has 0 saturated heterocycles. The first-order valence-electron chi connectivity index (χ1n) is 8.42. The quantitative estimate of drug-likeness (QED) is 0.537. The number of rotatable bonds is 8. The van der Waals surface area contributed by atoms with Crippen LogP contribution < -0.4 is 11.1 Å². The molecule has 1 amide bonds. The molecule has 1 aromatic heterocycles. The Labute approximate surface area is 156 Å². The van der Waals surface area contributed by atoms with Crippen LogP contribution in [0.5, 0.6) is 0 Å². The number of nitrogens with zero attached hydrogens (tertiary/aromatic N) is 3. The molecule has 9 heteroatoms. The number of carbonyl (C=O) groups is 2. The van der Waals surface area contributed by atoms with E-state index in [1.807, 2.05) is 13.8 Å². The zero-order valence-corrected chi connectivity index (χ0v) is 15.9. The molecule has 0 radical (unpaired) electrons. The van der Waals surface area contributed by atoms with Crippen molar-refractivity contribution in [2.45, 2.75) is 38.4 Å². The van der Waals surface area contributed by atoms with Gasteiger partial charge in [0.05, 0.1) is 12.2 Å². The van der Waals surface area contributed by atoms with Crippen molar-refractivity contribution < 1.29 is 14.3 Å². The van der Waals surface area contributed by atoms with Crippen LogP contribution in [0.25, 0.3) is 0 Å². The second kappa shape index (κ2) is 9.23. The van der Waals surface area contributed by atoms with Gasteiger partial charge in [-0.2, -0.15) is 0 Å². The first-order chi connectivity index (χ1) is 12.5. The maximum absolute atomic E-state index is 12.8. The molecule has 8 nitrogen and oxygen atoms in total. The van der Waals surface area contributed by atoms with Gasteiger partial charge in [-0.05, 0) is 37.3 Å². The van der Waals surface area contributed by atoms with Gasteiger partial charge in [-0.1, -0.05) is 31.7 Å². The van der Waals surface area contributed by atoms with Crippen LogP contribution in [0.15, 0.2) is 29.4 Å². The molecule has 2 rings (SSSR count). The first kappa shape index (κ1) is 19.8. The van der Waals surface area contributed by atoms with Crippen molar-refractivity contribution in [2.24, 2.45) is 0 Å². The van der Waals surface area contributed by atoms with Gasteiger partial charge >= 0.3 is 5.97 Å². The molecule has 26 heavy (non-hydrogen) atoms. The van der Waals surface area contributed by atoms with Crippen molar-refractivity contribution in [1.82, 2.24) is 14.8 Å². The minimum atomic E-state index is -0.551. The predicted octanol–water partition coefficient (Wildman–Crippen LogP) is 2.74. The number of ether oxygens (including phenoxy) is 1. The van der Waals surface area contributed by atoms with E-state index in [0.29, 0.717) is 22.8 Å². The average molecular weight is 377 g/mol. The number of aromatic nitrogens is 3. The molecule has 0 fully saturated rings. The Balaban J connectivity index is 2.21. The second-order valence-electron chi connectivity index (χ2n) is 5.36. The summed E-state index contributed by atoms with van der Waals surface area (Å²) in [4.78, 5) is 24.6. The molecule has 0 spiro atoms. The Morgan fingerprint density at radius 3 is 2.73 bits per heavy atom. The summed E-state index contributed by atoms with van der Waals surface area (Å²) < 4.78 is 6.62. The van der Waals surface area contributed by atoms with Crippen molar-refractivity contribution in [3.63, 3.8) is 0 Å². The van der Waals surface area contributed by atoms with Crippen molar-refractivity contribution in [2.75, 3.05) is 23.4 Å². The molecule has 1 atom stereocenters. The minimum absolute atomic E-state index is 0.197. The molecule has 1 unspecified atom stereocenters. The van der Waals surface area contributed by atoms with Crippen LogP contribution in [0, 0.1) is 0 Å². The maximum Gasteiger partial charge on any atom is 0.338 e. The SMILES string of the molecule is CCOC(=O)c1cccc(NC(=O)C(CC)n2c(N)nnc2SCC)c1. The number of carbonyl (C=O) groups excluding carboxylic acids is 2. The normalized spacial score (nSPS) is 11.8. The van der Waals surface area contributed by atoms with E-state index in [4.69, 9.17) is 10.5 Å². The Bertz CT molecular complexity index is 778. The fraction of sp³-hybridized carbons (Fsp3) is 0.412. The van der Waals surface area contributed by atoms with E-state index < -0.39 is 12.0 Å². The fourth-order valence-electron chi connectivity index (χ4n) is 2.46. The number of esters is 1. The molecule has 140 valence electrons. The minimum Gasteiger partial charge on any atom is -0.462 e. The topological polar surface area (TPSA) is 112 Å². The van der Waals surface area contributed by atoms with Gasteiger partial charge in [0.1, 0.15) is 6.04 Å². The molecular weight excluding hydrogens is 354 g/mol. The largest absolute Gasteiger partial charge is 0.462 e. The summed E-state index contributed by atoms with van der Waals surface area (Å²) in [5.74, 6) is 0.305. The first-order valence-corrected chi connectivity index (χ1v) is 9.41. The summed E-state index contributed by atoms with van der Waals surface area (Å²) >= 11 is 1.47. The van der Waals surface area contributed by atoms with Crippen LogP contribution in [-0.2, 0) is 9.53 Å². The molecule has 0 aliphatic heterocycles. The molecule has 2 aromatic rings. The van der Waals surface area contributed by atoms with E-state index in [-0.39, 0.29) is 18.5 Å². The Morgan fingerprint density at radius 2 is 2.08 bits per heavy atom. The summed E-state index contributed by atoms with van der Waals surface area (Å²) in [6, 6.07) is 6.07. The molecule has 3 N–H and O–H groups in total. The van der Waals surface area contributed by atoms with Crippen LogP contribution in [0.1, 0.15) is 43.6 Å². The summed E-state index contributed by atoms with van der Waals surface area (Å²) in [6.07, 6.45) is 0.517. The Morgan fingerprint density at radius 1 is 1.31 bits per heavy atom. The van der Waals surface area contributed by atoms with Crippen LogP contribution in [0.2, 0.25) is 0 Å². The predicted molar refractivity (Wildman–Crippen MR) is 101 cm³/mol. The van der Waals surface area contributed by atoms with E-state index in [2.05, 4.69) is 15.5 Å². The van der Waals surface area contributed by atoms with Crippen molar-refractivity contribution in [3.8, 4) is 0 Å². The highest BCUT2D eigenvalue weighted by Gasteiger charge is 2.25. The lowest BCUT2D eigenvalue weighted by Crippen LogP contribution is -2.27. The summed E-state index contributed by atoms with van der Waals surface area (Å²) in [7, 11) is 0. The number of nitrogens with one attached hydrogen (secondary N) is 1.